The molecule has 1 aliphatic rings. The number of benzene rings is 1. The Morgan fingerprint density at radius 2 is 1.88 bits per heavy atom. The minimum absolute atomic E-state index is 0.00882. The Kier molecular flexibility index (Phi) is 4.73. The molecule has 7 nitrogen and oxygen atoms in total. The highest BCUT2D eigenvalue weighted by molar-refractivity contribution is 6.02. The quantitative estimate of drug-likeness (QED) is 0.774. The molecule has 0 unspecified atom stereocenters. The number of aliphatic hydroxyl groups excluding tert-OH is 1. The molecule has 2 aromatic rings. The van der Waals surface area contributed by atoms with Gasteiger partial charge in [-0.2, -0.15) is 0 Å². The van der Waals surface area contributed by atoms with E-state index < -0.39 is 5.54 Å². The van der Waals surface area contributed by atoms with E-state index in [1.807, 2.05) is 30.3 Å². The number of hydrogen-bond donors (Lipinski definition) is 3. The maximum atomic E-state index is 12.2. The molecule has 0 spiro atoms. The molecule has 7 heteroatoms. The normalized spacial score (nSPS) is 16.7. The Bertz CT molecular complexity index is 682. The number of nitrogens with two attached hydrogens (primary N) is 1. The number of piperidine rings is 1. The van der Waals surface area contributed by atoms with Gasteiger partial charge in [-0.25, -0.2) is 0 Å². The number of aliphatic hydroxyl groups is 1. The maximum absolute atomic E-state index is 12.2. The van der Waals surface area contributed by atoms with Crippen molar-refractivity contribution in [1.82, 2.24) is 10.2 Å². The van der Waals surface area contributed by atoms with Crippen LogP contribution in [0, 0.1) is 0 Å². The number of carbonyl (C=O) groups excluding carboxylic acids is 1. The fourth-order valence-corrected chi connectivity index (χ4v) is 2.67. The van der Waals surface area contributed by atoms with Crippen LogP contribution in [0.4, 0.5) is 11.5 Å². The first kappa shape index (κ1) is 16.4. The molecule has 0 radical (unpaired) electrons. The molecule has 1 aromatic heterocycles. The van der Waals surface area contributed by atoms with E-state index in [4.69, 9.17) is 5.73 Å². The molecule has 3 rings (SSSR count). The fourth-order valence-electron chi connectivity index (χ4n) is 2.67. The van der Waals surface area contributed by atoms with Gasteiger partial charge in [0.05, 0.1) is 6.61 Å². The van der Waals surface area contributed by atoms with E-state index in [1.54, 1.807) is 12.1 Å². The van der Waals surface area contributed by atoms with Crippen molar-refractivity contribution in [2.24, 2.45) is 5.73 Å². The SMILES string of the molecule is NC1(CO)CCN(c2ccc(C(=O)Nc3ccccc3)nn2)CC1. The smallest absolute Gasteiger partial charge is 0.276 e. The molecule has 2 heterocycles. The molecule has 126 valence electrons. The van der Waals surface area contributed by atoms with Gasteiger partial charge in [0.15, 0.2) is 11.5 Å². The highest BCUT2D eigenvalue weighted by atomic mass is 16.3. The number of nitrogens with one attached hydrogen (secondary N) is 1. The van der Waals surface area contributed by atoms with Crippen molar-refractivity contribution in [2.75, 3.05) is 29.9 Å². The molecule has 1 aliphatic heterocycles. The van der Waals surface area contributed by atoms with Crippen LogP contribution in [0.5, 0.6) is 0 Å². The number of carbonyl (C=O) groups is 1. The topological polar surface area (TPSA) is 104 Å². The predicted molar refractivity (Wildman–Crippen MR) is 91.9 cm³/mol. The number of para-hydroxylation sites is 1. The monoisotopic (exact) mass is 327 g/mol. The van der Waals surface area contributed by atoms with Crippen molar-refractivity contribution in [3.05, 3.63) is 48.2 Å². The lowest BCUT2D eigenvalue weighted by Crippen LogP contribution is -2.53. The Hall–Kier alpha value is -2.51. The summed E-state index contributed by atoms with van der Waals surface area (Å²) >= 11 is 0. The minimum atomic E-state index is -0.501. The van der Waals surface area contributed by atoms with Crippen molar-refractivity contribution in [3.8, 4) is 0 Å². The van der Waals surface area contributed by atoms with Gasteiger partial charge in [-0.05, 0) is 37.1 Å². The van der Waals surface area contributed by atoms with Crippen LogP contribution in [0.2, 0.25) is 0 Å². The second-order valence-electron chi connectivity index (χ2n) is 6.10. The van der Waals surface area contributed by atoms with Crippen molar-refractivity contribution < 1.29 is 9.90 Å². The molecule has 0 bridgehead atoms. The van der Waals surface area contributed by atoms with Crippen molar-refractivity contribution in [2.45, 2.75) is 18.4 Å². The van der Waals surface area contributed by atoms with Gasteiger partial charge in [0.1, 0.15) is 0 Å². The zero-order chi connectivity index (χ0) is 17.0. The molecule has 0 saturated carbocycles. The third-order valence-corrected chi connectivity index (χ3v) is 4.31. The first-order chi connectivity index (χ1) is 11.6. The van der Waals surface area contributed by atoms with Gasteiger partial charge in [0, 0.05) is 24.3 Å². The van der Waals surface area contributed by atoms with E-state index in [0.29, 0.717) is 37.4 Å². The van der Waals surface area contributed by atoms with Gasteiger partial charge >= 0.3 is 0 Å². The van der Waals surface area contributed by atoms with Gasteiger partial charge in [-0.1, -0.05) is 18.2 Å². The first-order valence-electron chi connectivity index (χ1n) is 7.94. The number of nitrogens with zero attached hydrogens (tertiary/aromatic N) is 3. The van der Waals surface area contributed by atoms with Gasteiger partial charge in [-0.15, -0.1) is 10.2 Å². The summed E-state index contributed by atoms with van der Waals surface area (Å²) in [4.78, 5) is 14.2. The van der Waals surface area contributed by atoms with Crippen molar-refractivity contribution in [1.29, 1.82) is 0 Å². The summed E-state index contributed by atoms with van der Waals surface area (Å²) in [7, 11) is 0. The highest BCUT2D eigenvalue weighted by Crippen LogP contribution is 2.22. The Labute approximate surface area is 140 Å². The summed E-state index contributed by atoms with van der Waals surface area (Å²) in [5, 5.41) is 20.3. The van der Waals surface area contributed by atoms with Crippen LogP contribution in [0.25, 0.3) is 0 Å². The maximum Gasteiger partial charge on any atom is 0.276 e. The highest BCUT2D eigenvalue weighted by Gasteiger charge is 2.30. The van der Waals surface area contributed by atoms with Gasteiger partial charge in [-0.3, -0.25) is 4.79 Å². The van der Waals surface area contributed by atoms with Crippen LogP contribution in [-0.4, -0.2) is 46.4 Å². The van der Waals surface area contributed by atoms with E-state index in [0.717, 1.165) is 0 Å². The summed E-state index contributed by atoms with van der Waals surface area (Å²) < 4.78 is 0. The zero-order valence-electron chi connectivity index (χ0n) is 13.4. The lowest BCUT2D eigenvalue weighted by Gasteiger charge is -2.38. The predicted octanol–water partition coefficient (Wildman–Crippen LogP) is 1.02. The number of rotatable bonds is 4. The van der Waals surface area contributed by atoms with Crippen LogP contribution >= 0.6 is 0 Å². The largest absolute Gasteiger partial charge is 0.394 e. The molecule has 0 atom stereocenters. The first-order valence-corrected chi connectivity index (χ1v) is 7.94. The van der Waals surface area contributed by atoms with E-state index in [1.165, 1.54) is 0 Å². The molecule has 4 N–H and O–H groups in total. The Morgan fingerprint density at radius 3 is 2.46 bits per heavy atom. The van der Waals surface area contributed by atoms with Crippen LogP contribution < -0.4 is 16.0 Å². The number of hydrogen-bond acceptors (Lipinski definition) is 6. The fraction of sp³-hybridized carbons (Fsp3) is 0.353. The molecule has 1 amide bonds. The Morgan fingerprint density at radius 1 is 1.17 bits per heavy atom. The van der Waals surface area contributed by atoms with Crippen LogP contribution in [0.3, 0.4) is 0 Å². The number of anilines is 2. The lowest BCUT2D eigenvalue weighted by atomic mass is 9.89. The molecule has 0 aliphatic carbocycles. The van der Waals surface area contributed by atoms with E-state index >= 15 is 0 Å². The summed E-state index contributed by atoms with van der Waals surface area (Å²) in [6.07, 6.45) is 1.39. The molecule has 24 heavy (non-hydrogen) atoms. The van der Waals surface area contributed by atoms with Crippen LogP contribution in [0.1, 0.15) is 23.3 Å². The average molecular weight is 327 g/mol. The van der Waals surface area contributed by atoms with Gasteiger partial charge in [0.2, 0.25) is 0 Å². The van der Waals surface area contributed by atoms with Crippen LogP contribution in [0.15, 0.2) is 42.5 Å². The number of amides is 1. The van der Waals surface area contributed by atoms with Crippen molar-refractivity contribution >= 4 is 17.4 Å². The van der Waals surface area contributed by atoms with E-state index in [2.05, 4.69) is 20.4 Å². The van der Waals surface area contributed by atoms with E-state index in [9.17, 15) is 9.90 Å². The second kappa shape index (κ2) is 6.94. The Balaban J connectivity index is 1.62. The molecular formula is C17H21N5O2. The van der Waals surface area contributed by atoms with Gasteiger partial charge < -0.3 is 21.1 Å². The third-order valence-electron chi connectivity index (χ3n) is 4.31. The second-order valence-corrected chi connectivity index (χ2v) is 6.10. The summed E-state index contributed by atoms with van der Waals surface area (Å²) in [5.41, 5.74) is 6.55. The van der Waals surface area contributed by atoms with Crippen molar-refractivity contribution in [3.63, 3.8) is 0 Å². The molecule has 1 fully saturated rings. The summed E-state index contributed by atoms with van der Waals surface area (Å²) in [6, 6.07) is 12.7. The van der Waals surface area contributed by atoms with Crippen LogP contribution in [-0.2, 0) is 0 Å². The molecular weight excluding hydrogens is 306 g/mol. The molecule has 1 aromatic carbocycles. The zero-order valence-corrected chi connectivity index (χ0v) is 13.4. The summed E-state index contributed by atoms with van der Waals surface area (Å²) in [5.74, 6) is 0.423. The van der Waals surface area contributed by atoms with E-state index in [-0.39, 0.29) is 18.2 Å². The lowest BCUT2D eigenvalue weighted by molar-refractivity contribution is 0.102. The van der Waals surface area contributed by atoms with Gasteiger partial charge in [0.25, 0.3) is 5.91 Å². The molecule has 1 saturated heterocycles. The average Bonchev–Trinajstić information content (AvgIpc) is 2.63. The standard InChI is InChI=1S/C17H21N5O2/c18-17(12-23)8-10-22(11-9-17)15-7-6-14(20-21-15)16(24)19-13-4-2-1-3-5-13/h1-7,23H,8-12,18H2,(H,19,24). The third kappa shape index (κ3) is 3.69. The number of aromatic nitrogens is 2. The summed E-state index contributed by atoms with van der Waals surface area (Å²) in [6.45, 7) is 1.41. The minimum Gasteiger partial charge on any atom is -0.394 e.